The van der Waals surface area contributed by atoms with Crippen molar-refractivity contribution in [3.05, 3.63) is 47.4 Å². The fraction of sp³-hybridized carbons (Fsp3) is 0.250. The molecule has 0 aliphatic heterocycles. The van der Waals surface area contributed by atoms with Crippen molar-refractivity contribution in [3.63, 3.8) is 0 Å². The molecule has 3 N–H and O–H groups in total. The van der Waals surface area contributed by atoms with Gasteiger partial charge in [0, 0.05) is 23.1 Å². The first kappa shape index (κ1) is 15.4. The van der Waals surface area contributed by atoms with Crippen LogP contribution in [0, 0.1) is 5.41 Å². The highest BCUT2D eigenvalue weighted by Gasteiger charge is 2.05. The van der Waals surface area contributed by atoms with E-state index >= 15 is 0 Å². The summed E-state index contributed by atoms with van der Waals surface area (Å²) >= 11 is 1.43. The summed E-state index contributed by atoms with van der Waals surface area (Å²) in [6.45, 7) is 3.96. The minimum atomic E-state index is 0.504. The monoisotopic (exact) mass is 300 g/mol. The van der Waals surface area contributed by atoms with Crippen LogP contribution in [0.15, 0.2) is 41.8 Å². The summed E-state index contributed by atoms with van der Waals surface area (Å²) in [5.74, 6) is 0. The molecule has 1 aromatic heterocycles. The molecule has 2 rings (SSSR count). The molecule has 2 aromatic rings. The van der Waals surface area contributed by atoms with Gasteiger partial charge < -0.3 is 16.0 Å². The summed E-state index contributed by atoms with van der Waals surface area (Å²) in [7, 11) is 2.06. The van der Waals surface area contributed by atoms with Crippen molar-refractivity contribution in [2.75, 3.05) is 25.9 Å². The average Bonchev–Trinajstić information content (AvgIpc) is 2.93. The molecule has 21 heavy (non-hydrogen) atoms. The van der Waals surface area contributed by atoms with Crippen LogP contribution in [0.5, 0.6) is 0 Å². The lowest BCUT2D eigenvalue weighted by molar-refractivity contribution is 0.392. The van der Waals surface area contributed by atoms with E-state index in [0.717, 1.165) is 29.9 Å². The molecule has 0 unspecified atom stereocenters. The lowest BCUT2D eigenvalue weighted by Crippen LogP contribution is -2.17. The molecule has 0 atom stereocenters. The highest BCUT2D eigenvalue weighted by Crippen LogP contribution is 2.23. The minimum absolute atomic E-state index is 0.504. The van der Waals surface area contributed by atoms with Crippen LogP contribution in [0.4, 0.5) is 5.13 Å². The maximum absolute atomic E-state index is 8.15. The summed E-state index contributed by atoms with van der Waals surface area (Å²) in [5, 5.41) is 10.6. The van der Waals surface area contributed by atoms with Gasteiger partial charge in [0.25, 0.3) is 0 Å². The average molecular weight is 300 g/mol. The molecule has 4 nitrogen and oxygen atoms in total. The quantitative estimate of drug-likeness (QED) is 0.805. The first-order valence-corrected chi connectivity index (χ1v) is 7.73. The van der Waals surface area contributed by atoms with Gasteiger partial charge in [0.15, 0.2) is 5.13 Å². The number of hydrogen-bond acceptors (Lipinski definition) is 5. The molecule has 0 saturated carbocycles. The second kappa shape index (κ2) is 7.15. The minimum Gasteiger partial charge on any atom is -0.375 e. The van der Waals surface area contributed by atoms with Gasteiger partial charge in [-0.2, -0.15) is 0 Å². The van der Waals surface area contributed by atoms with Crippen LogP contribution in [0.1, 0.15) is 12.5 Å². The van der Waals surface area contributed by atoms with E-state index in [0.29, 0.717) is 10.8 Å². The zero-order valence-electron chi connectivity index (χ0n) is 12.3. The zero-order chi connectivity index (χ0) is 15.2. The fourth-order valence-corrected chi connectivity index (χ4v) is 2.41. The van der Waals surface area contributed by atoms with E-state index < -0.39 is 0 Å². The molecule has 1 heterocycles. The molecule has 1 aromatic carbocycles. The topological polar surface area (TPSA) is 66.0 Å². The Bertz CT molecular complexity index is 645. The molecular formula is C16H20N4S. The van der Waals surface area contributed by atoms with E-state index in [9.17, 15) is 0 Å². The van der Waals surface area contributed by atoms with E-state index in [2.05, 4.69) is 23.9 Å². The summed E-state index contributed by atoms with van der Waals surface area (Å²) in [4.78, 5) is 6.46. The second-order valence-electron chi connectivity index (χ2n) is 4.82. The Morgan fingerprint density at radius 1 is 1.48 bits per heavy atom. The lowest BCUT2D eigenvalue weighted by Gasteiger charge is -2.09. The van der Waals surface area contributed by atoms with Crippen LogP contribution in [0.3, 0.4) is 0 Å². The van der Waals surface area contributed by atoms with Crippen molar-refractivity contribution < 1.29 is 0 Å². The predicted molar refractivity (Wildman–Crippen MR) is 91.1 cm³/mol. The van der Waals surface area contributed by atoms with Crippen molar-refractivity contribution in [1.82, 2.24) is 9.88 Å². The van der Waals surface area contributed by atoms with Crippen LogP contribution < -0.4 is 5.73 Å². The zero-order valence-corrected chi connectivity index (χ0v) is 13.2. The Morgan fingerprint density at radius 2 is 2.29 bits per heavy atom. The van der Waals surface area contributed by atoms with Crippen LogP contribution in [0.25, 0.3) is 11.3 Å². The Morgan fingerprint density at radius 3 is 2.95 bits per heavy atom. The number of likely N-dealkylation sites (N-methyl/N-ethyl adjacent to an activating group) is 1. The van der Waals surface area contributed by atoms with Gasteiger partial charge in [-0.15, -0.1) is 11.3 Å². The van der Waals surface area contributed by atoms with Gasteiger partial charge in [0.1, 0.15) is 0 Å². The number of nitrogen functional groups attached to an aromatic ring is 1. The standard InChI is InChI=1S/C16H20N4S/c1-3-20(2)9-5-8-14(17)12-6-4-7-13(10-12)15-11-21-16(18)19-15/h4-8,10-11,17H,3,9H2,1-2H3,(H2,18,19)/b8-5+,17-14?. The Kier molecular flexibility index (Phi) is 5.25. The fourth-order valence-electron chi connectivity index (χ4n) is 1.84. The molecule has 0 aliphatic rings. The summed E-state index contributed by atoms with van der Waals surface area (Å²) in [6, 6.07) is 7.85. The molecule has 0 fully saturated rings. The third kappa shape index (κ3) is 4.24. The SMILES string of the molecule is CCN(C)C/C=C/C(=N)c1cccc(-c2csc(N)n2)c1. The van der Waals surface area contributed by atoms with Gasteiger partial charge in [-0.05, 0) is 25.7 Å². The summed E-state index contributed by atoms with van der Waals surface area (Å²) < 4.78 is 0. The van der Waals surface area contributed by atoms with Crippen LogP contribution in [0.2, 0.25) is 0 Å². The van der Waals surface area contributed by atoms with E-state index in [4.69, 9.17) is 11.1 Å². The Labute approximate surface area is 129 Å². The third-order valence-electron chi connectivity index (χ3n) is 3.23. The number of allylic oxidation sites excluding steroid dienone is 1. The van der Waals surface area contributed by atoms with Crippen LogP contribution in [-0.4, -0.2) is 35.7 Å². The Balaban J connectivity index is 2.12. The molecule has 0 aliphatic carbocycles. The Hall–Kier alpha value is -1.98. The maximum atomic E-state index is 8.15. The van der Waals surface area contributed by atoms with Crippen molar-refractivity contribution in [1.29, 1.82) is 5.41 Å². The molecule has 0 amide bonds. The number of hydrogen-bond donors (Lipinski definition) is 2. The second-order valence-corrected chi connectivity index (χ2v) is 5.71. The van der Waals surface area contributed by atoms with Gasteiger partial charge in [0.05, 0.1) is 11.4 Å². The van der Waals surface area contributed by atoms with Crippen molar-refractivity contribution in [3.8, 4) is 11.3 Å². The van der Waals surface area contributed by atoms with Gasteiger partial charge >= 0.3 is 0 Å². The smallest absolute Gasteiger partial charge is 0.180 e. The lowest BCUT2D eigenvalue weighted by atomic mass is 10.0. The van der Waals surface area contributed by atoms with Crippen molar-refractivity contribution in [2.45, 2.75) is 6.92 Å². The van der Waals surface area contributed by atoms with E-state index in [-0.39, 0.29) is 0 Å². The summed E-state index contributed by atoms with van der Waals surface area (Å²) in [5.41, 5.74) is 8.91. The maximum Gasteiger partial charge on any atom is 0.180 e. The van der Waals surface area contributed by atoms with Gasteiger partial charge in [-0.25, -0.2) is 4.98 Å². The van der Waals surface area contributed by atoms with E-state index in [1.54, 1.807) is 0 Å². The number of rotatable bonds is 6. The number of nitrogens with one attached hydrogen (secondary N) is 1. The van der Waals surface area contributed by atoms with Crippen molar-refractivity contribution in [2.24, 2.45) is 0 Å². The number of benzene rings is 1. The number of thiazole rings is 1. The third-order valence-corrected chi connectivity index (χ3v) is 3.91. The largest absolute Gasteiger partial charge is 0.375 e. The number of aromatic nitrogens is 1. The van der Waals surface area contributed by atoms with Crippen LogP contribution >= 0.6 is 11.3 Å². The molecule has 0 spiro atoms. The number of nitrogens with two attached hydrogens (primary N) is 1. The first-order chi connectivity index (χ1) is 10.1. The van der Waals surface area contributed by atoms with E-state index in [1.807, 2.05) is 41.8 Å². The van der Waals surface area contributed by atoms with Gasteiger partial charge in [0.2, 0.25) is 0 Å². The molecular weight excluding hydrogens is 280 g/mol. The number of anilines is 1. The first-order valence-electron chi connectivity index (χ1n) is 6.85. The molecule has 0 bridgehead atoms. The van der Waals surface area contributed by atoms with Gasteiger partial charge in [-0.1, -0.05) is 31.2 Å². The van der Waals surface area contributed by atoms with E-state index in [1.165, 1.54) is 11.3 Å². The number of nitrogens with zero attached hydrogens (tertiary/aromatic N) is 2. The normalized spacial score (nSPS) is 11.4. The molecule has 0 saturated heterocycles. The predicted octanol–water partition coefficient (Wildman–Crippen LogP) is 3.27. The summed E-state index contributed by atoms with van der Waals surface area (Å²) in [6.07, 6.45) is 3.86. The van der Waals surface area contributed by atoms with Crippen molar-refractivity contribution >= 4 is 22.2 Å². The van der Waals surface area contributed by atoms with Crippen LogP contribution in [-0.2, 0) is 0 Å². The highest BCUT2D eigenvalue weighted by molar-refractivity contribution is 7.13. The highest BCUT2D eigenvalue weighted by atomic mass is 32.1. The molecule has 0 radical (unpaired) electrons. The molecule has 110 valence electrons. The van der Waals surface area contributed by atoms with Gasteiger partial charge in [-0.3, -0.25) is 0 Å². The molecule has 5 heteroatoms.